The van der Waals surface area contributed by atoms with Crippen LogP contribution in [0.1, 0.15) is 39.0 Å². The van der Waals surface area contributed by atoms with Gasteiger partial charge in [-0.2, -0.15) is 5.10 Å². The predicted molar refractivity (Wildman–Crippen MR) is 62.8 cm³/mol. The van der Waals surface area contributed by atoms with Crippen LogP contribution in [0.2, 0.25) is 0 Å². The van der Waals surface area contributed by atoms with Gasteiger partial charge >= 0.3 is 0 Å². The van der Waals surface area contributed by atoms with Gasteiger partial charge < -0.3 is 11.1 Å². The van der Waals surface area contributed by atoms with Crippen molar-refractivity contribution in [3.63, 3.8) is 0 Å². The highest BCUT2D eigenvalue weighted by molar-refractivity contribution is 5.90. The first-order valence-corrected chi connectivity index (χ1v) is 5.74. The molecular formula is C11H18N4O. The summed E-state index contributed by atoms with van der Waals surface area (Å²) in [6, 6.07) is 1.62. The molecule has 1 saturated carbocycles. The molecule has 1 aliphatic rings. The Morgan fingerprint density at radius 1 is 1.69 bits per heavy atom. The summed E-state index contributed by atoms with van der Waals surface area (Å²) in [5.74, 6) is 1.00. The van der Waals surface area contributed by atoms with E-state index in [0.29, 0.717) is 18.1 Å². The Balaban J connectivity index is 1.89. The zero-order chi connectivity index (χ0) is 11.6. The predicted octanol–water partition coefficient (Wildman–Crippen LogP) is 1.90. The van der Waals surface area contributed by atoms with Crippen LogP contribution in [0.4, 0.5) is 11.6 Å². The van der Waals surface area contributed by atoms with Crippen LogP contribution < -0.4 is 11.1 Å². The highest BCUT2D eigenvalue weighted by atomic mass is 16.1. The maximum absolute atomic E-state index is 11.8. The SMILES string of the molecule is CCC1(CC(=O)Nc2cc(N)[nH]n2)CCC1. The highest BCUT2D eigenvalue weighted by Gasteiger charge is 2.37. The summed E-state index contributed by atoms with van der Waals surface area (Å²) >= 11 is 0. The van der Waals surface area contributed by atoms with Gasteiger partial charge in [0, 0.05) is 12.5 Å². The number of nitrogens with two attached hydrogens (primary N) is 1. The van der Waals surface area contributed by atoms with Crippen molar-refractivity contribution in [1.82, 2.24) is 10.2 Å². The molecule has 1 heterocycles. The van der Waals surface area contributed by atoms with Crippen molar-refractivity contribution in [2.75, 3.05) is 11.1 Å². The molecule has 0 atom stereocenters. The molecule has 4 N–H and O–H groups in total. The minimum Gasteiger partial charge on any atom is -0.384 e. The Bertz CT molecular complexity index is 376. The van der Waals surface area contributed by atoms with Crippen LogP contribution in [0.15, 0.2) is 6.07 Å². The van der Waals surface area contributed by atoms with Crippen molar-refractivity contribution in [2.45, 2.75) is 39.0 Å². The molecule has 5 nitrogen and oxygen atoms in total. The Morgan fingerprint density at radius 3 is 2.88 bits per heavy atom. The molecule has 1 aromatic heterocycles. The number of carbonyl (C=O) groups excluding carboxylic acids is 1. The first kappa shape index (κ1) is 11.0. The highest BCUT2D eigenvalue weighted by Crippen LogP contribution is 2.46. The first-order chi connectivity index (χ1) is 7.63. The number of carbonyl (C=O) groups is 1. The molecule has 0 spiro atoms. The van der Waals surface area contributed by atoms with Crippen LogP contribution in [0.25, 0.3) is 0 Å². The smallest absolute Gasteiger partial charge is 0.226 e. The van der Waals surface area contributed by atoms with E-state index in [2.05, 4.69) is 22.4 Å². The minimum absolute atomic E-state index is 0.0352. The monoisotopic (exact) mass is 222 g/mol. The van der Waals surface area contributed by atoms with Crippen LogP contribution in [0, 0.1) is 5.41 Å². The van der Waals surface area contributed by atoms with Gasteiger partial charge in [0.1, 0.15) is 5.82 Å². The van der Waals surface area contributed by atoms with Crippen molar-refractivity contribution < 1.29 is 4.79 Å². The van der Waals surface area contributed by atoms with Gasteiger partial charge in [-0.3, -0.25) is 9.89 Å². The second kappa shape index (κ2) is 4.15. The van der Waals surface area contributed by atoms with E-state index in [9.17, 15) is 4.79 Å². The standard InChI is InChI=1S/C11H18N4O/c1-2-11(4-3-5-11)7-10(16)13-9-6-8(12)14-15-9/h6H,2-5,7H2,1H3,(H4,12,13,14,15,16). The van der Waals surface area contributed by atoms with E-state index in [1.807, 2.05) is 0 Å². The van der Waals surface area contributed by atoms with Gasteiger partial charge in [-0.15, -0.1) is 0 Å². The van der Waals surface area contributed by atoms with Crippen LogP contribution in [-0.4, -0.2) is 16.1 Å². The van der Waals surface area contributed by atoms with Gasteiger partial charge in [-0.25, -0.2) is 0 Å². The maximum atomic E-state index is 11.8. The number of hydrogen-bond donors (Lipinski definition) is 3. The van der Waals surface area contributed by atoms with Gasteiger partial charge in [-0.1, -0.05) is 13.3 Å². The molecule has 0 aromatic carbocycles. The lowest BCUT2D eigenvalue weighted by Crippen LogP contribution is -2.33. The number of nitrogens with one attached hydrogen (secondary N) is 2. The van der Waals surface area contributed by atoms with Gasteiger partial charge in [0.2, 0.25) is 5.91 Å². The van der Waals surface area contributed by atoms with Crippen LogP contribution in [0.3, 0.4) is 0 Å². The minimum atomic E-state index is 0.0352. The molecule has 0 unspecified atom stereocenters. The molecule has 1 aromatic rings. The average molecular weight is 222 g/mol. The third kappa shape index (κ3) is 2.18. The van der Waals surface area contributed by atoms with E-state index in [1.54, 1.807) is 6.07 Å². The second-order valence-corrected chi connectivity index (χ2v) is 4.64. The van der Waals surface area contributed by atoms with Gasteiger partial charge in [0.15, 0.2) is 5.82 Å². The molecular weight excluding hydrogens is 204 g/mol. The lowest BCUT2D eigenvalue weighted by molar-refractivity contribution is -0.120. The van der Waals surface area contributed by atoms with Gasteiger partial charge in [0.05, 0.1) is 0 Å². The van der Waals surface area contributed by atoms with E-state index in [4.69, 9.17) is 5.73 Å². The number of aromatic amines is 1. The third-order valence-electron chi connectivity index (χ3n) is 3.56. The van der Waals surface area contributed by atoms with Crippen molar-refractivity contribution in [2.24, 2.45) is 5.41 Å². The summed E-state index contributed by atoms with van der Waals surface area (Å²) in [7, 11) is 0. The molecule has 1 amide bonds. The van der Waals surface area contributed by atoms with Crippen LogP contribution in [-0.2, 0) is 4.79 Å². The number of amides is 1. The van der Waals surface area contributed by atoms with Crippen molar-refractivity contribution in [1.29, 1.82) is 0 Å². The number of H-pyrrole nitrogens is 1. The van der Waals surface area contributed by atoms with Crippen molar-refractivity contribution >= 4 is 17.5 Å². The summed E-state index contributed by atoms with van der Waals surface area (Å²) < 4.78 is 0. The summed E-state index contributed by atoms with van der Waals surface area (Å²) in [4.78, 5) is 11.8. The summed E-state index contributed by atoms with van der Waals surface area (Å²) in [5, 5.41) is 9.22. The zero-order valence-electron chi connectivity index (χ0n) is 9.55. The molecule has 16 heavy (non-hydrogen) atoms. The molecule has 0 bridgehead atoms. The van der Waals surface area contributed by atoms with Gasteiger partial charge in [-0.05, 0) is 24.7 Å². The topological polar surface area (TPSA) is 83.8 Å². The fourth-order valence-corrected chi connectivity index (χ4v) is 2.26. The third-order valence-corrected chi connectivity index (χ3v) is 3.56. The summed E-state index contributed by atoms with van der Waals surface area (Å²) in [6.45, 7) is 2.15. The average Bonchev–Trinajstić information content (AvgIpc) is 2.57. The molecule has 1 aliphatic carbocycles. The van der Waals surface area contributed by atoms with Crippen LogP contribution >= 0.6 is 0 Å². The van der Waals surface area contributed by atoms with E-state index >= 15 is 0 Å². The number of nitrogen functional groups attached to an aromatic ring is 1. The number of anilines is 2. The Kier molecular flexibility index (Phi) is 2.85. The molecule has 1 fully saturated rings. The number of hydrogen-bond acceptors (Lipinski definition) is 3. The lowest BCUT2D eigenvalue weighted by atomic mass is 9.65. The zero-order valence-corrected chi connectivity index (χ0v) is 9.55. The quantitative estimate of drug-likeness (QED) is 0.727. The van der Waals surface area contributed by atoms with E-state index in [1.165, 1.54) is 19.3 Å². The maximum Gasteiger partial charge on any atom is 0.226 e. The second-order valence-electron chi connectivity index (χ2n) is 4.64. The normalized spacial score (nSPS) is 17.8. The molecule has 0 radical (unpaired) electrons. The number of aromatic nitrogens is 2. The fourth-order valence-electron chi connectivity index (χ4n) is 2.26. The Morgan fingerprint density at radius 2 is 2.44 bits per heavy atom. The fraction of sp³-hybridized carbons (Fsp3) is 0.636. The lowest BCUT2D eigenvalue weighted by Gasteiger charge is -2.40. The molecule has 0 saturated heterocycles. The largest absolute Gasteiger partial charge is 0.384 e. The number of nitrogens with zero attached hydrogens (tertiary/aromatic N) is 1. The van der Waals surface area contributed by atoms with Crippen molar-refractivity contribution in [3.8, 4) is 0 Å². The Labute approximate surface area is 94.8 Å². The van der Waals surface area contributed by atoms with Gasteiger partial charge in [0.25, 0.3) is 0 Å². The molecule has 5 heteroatoms. The van der Waals surface area contributed by atoms with E-state index < -0.39 is 0 Å². The van der Waals surface area contributed by atoms with E-state index in [-0.39, 0.29) is 11.3 Å². The molecule has 0 aliphatic heterocycles. The first-order valence-electron chi connectivity index (χ1n) is 5.74. The molecule has 2 rings (SSSR count). The van der Waals surface area contributed by atoms with Crippen molar-refractivity contribution in [3.05, 3.63) is 6.07 Å². The van der Waals surface area contributed by atoms with E-state index in [0.717, 1.165) is 6.42 Å². The Hall–Kier alpha value is -1.52. The molecule has 88 valence electrons. The summed E-state index contributed by atoms with van der Waals surface area (Å²) in [5.41, 5.74) is 5.72. The number of rotatable bonds is 4. The van der Waals surface area contributed by atoms with Crippen LogP contribution in [0.5, 0.6) is 0 Å². The summed E-state index contributed by atoms with van der Waals surface area (Å²) in [6.07, 6.45) is 5.25.